The summed E-state index contributed by atoms with van der Waals surface area (Å²) in [5.41, 5.74) is 0.490. The number of benzene rings is 1. The smallest absolute Gasteiger partial charge is 0.252 e. The fraction of sp³-hybridized carbons (Fsp3) is 0.417. The van der Waals surface area contributed by atoms with Crippen LogP contribution in [0.5, 0.6) is 0 Å². The van der Waals surface area contributed by atoms with Gasteiger partial charge in [-0.3, -0.25) is 4.79 Å². The lowest BCUT2D eigenvalue weighted by Crippen LogP contribution is -2.31. The van der Waals surface area contributed by atoms with Crippen molar-refractivity contribution in [3.63, 3.8) is 0 Å². The normalized spacial score (nSPS) is 12.6. The van der Waals surface area contributed by atoms with Crippen molar-refractivity contribution in [3.8, 4) is 0 Å². The Morgan fingerprint density at radius 3 is 2.71 bits per heavy atom. The molecule has 0 aliphatic rings. The Kier molecular flexibility index (Phi) is 5.97. The fourth-order valence-corrected chi connectivity index (χ4v) is 1.94. The van der Waals surface area contributed by atoms with E-state index in [1.165, 1.54) is 0 Å². The van der Waals surface area contributed by atoms with Gasteiger partial charge in [-0.1, -0.05) is 47.4 Å². The van der Waals surface area contributed by atoms with Crippen LogP contribution in [-0.2, 0) is 0 Å². The van der Waals surface area contributed by atoms with Gasteiger partial charge in [-0.25, -0.2) is 0 Å². The Hall–Kier alpha value is -0.0600. The molecular weight excluding hydrogens is 369 g/mol. The van der Waals surface area contributed by atoms with Crippen LogP contribution in [0.2, 0.25) is 5.02 Å². The molecule has 0 aromatic heterocycles. The van der Waals surface area contributed by atoms with Crippen molar-refractivity contribution in [2.24, 2.45) is 5.92 Å². The number of nitrogens with one attached hydrogen (secondary N) is 1. The van der Waals surface area contributed by atoms with Crippen LogP contribution < -0.4 is 5.32 Å². The molecule has 94 valence electrons. The number of carbonyl (C=O) groups excluding carboxylic acids is 1. The Morgan fingerprint density at radius 2 is 2.12 bits per heavy atom. The molecule has 0 heterocycles. The molecule has 1 aromatic carbocycles. The number of halogens is 3. The average molecular weight is 384 g/mol. The third-order valence-electron chi connectivity index (χ3n) is 2.38. The molecule has 1 aromatic rings. The van der Waals surface area contributed by atoms with Crippen molar-refractivity contribution in [3.05, 3.63) is 33.3 Å². The number of amides is 1. The number of hydrogen-bond donors (Lipinski definition) is 1. The summed E-state index contributed by atoms with van der Waals surface area (Å²) in [6.45, 7) is 4.77. The summed E-state index contributed by atoms with van der Waals surface area (Å²) in [4.78, 5) is 12.2. The highest BCUT2D eigenvalue weighted by molar-refractivity contribution is 9.10. The van der Waals surface area contributed by atoms with Crippen LogP contribution in [-0.4, -0.2) is 17.3 Å². The van der Waals surface area contributed by atoms with Crippen molar-refractivity contribution in [2.45, 2.75) is 18.7 Å². The van der Waals surface area contributed by atoms with Crippen LogP contribution in [0.4, 0.5) is 0 Å². The van der Waals surface area contributed by atoms with Gasteiger partial charge in [0.1, 0.15) is 0 Å². The first-order chi connectivity index (χ1) is 7.93. The zero-order chi connectivity index (χ0) is 13.0. The minimum absolute atomic E-state index is 0.151. The monoisotopic (exact) mass is 381 g/mol. The summed E-state index contributed by atoms with van der Waals surface area (Å²) in [5.74, 6) is 0.315. The molecule has 0 bridgehead atoms. The third-order valence-corrected chi connectivity index (χ3v) is 5.05. The Labute approximate surface area is 123 Å². The standard InChI is InChI=1S/C12H14Br2ClNO/c1-7(2)10(14)6-16-12(17)8-4-3-5-9(13)11(8)15/h3-5,7,10H,6H2,1-2H3,(H,16,17). The van der Waals surface area contributed by atoms with E-state index in [-0.39, 0.29) is 10.7 Å². The average Bonchev–Trinajstić information content (AvgIpc) is 2.29. The van der Waals surface area contributed by atoms with Gasteiger partial charge in [-0.15, -0.1) is 0 Å². The summed E-state index contributed by atoms with van der Waals surface area (Å²) >= 11 is 12.9. The maximum atomic E-state index is 11.9. The first kappa shape index (κ1) is 15.0. The van der Waals surface area contributed by atoms with E-state index < -0.39 is 0 Å². The summed E-state index contributed by atoms with van der Waals surface area (Å²) < 4.78 is 0.728. The van der Waals surface area contributed by atoms with Crippen LogP contribution >= 0.6 is 43.5 Å². The second-order valence-corrected chi connectivity index (χ2v) is 6.48. The second-order valence-electron chi connectivity index (χ2n) is 4.07. The topological polar surface area (TPSA) is 29.1 Å². The molecule has 0 saturated carbocycles. The first-order valence-corrected chi connectivity index (χ1v) is 7.38. The van der Waals surface area contributed by atoms with Crippen LogP contribution in [0, 0.1) is 5.92 Å². The number of carbonyl (C=O) groups is 1. The van der Waals surface area contributed by atoms with Gasteiger partial charge in [-0.05, 0) is 34.0 Å². The molecule has 0 spiro atoms. The molecule has 2 nitrogen and oxygen atoms in total. The molecule has 0 aliphatic carbocycles. The second kappa shape index (κ2) is 6.76. The maximum Gasteiger partial charge on any atom is 0.252 e. The van der Waals surface area contributed by atoms with E-state index in [1.54, 1.807) is 18.2 Å². The van der Waals surface area contributed by atoms with E-state index in [9.17, 15) is 4.79 Å². The van der Waals surface area contributed by atoms with Crippen molar-refractivity contribution >= 4 is 49.4 Å². The van der Waals surface area contributed by atoms with Gasteiger partial charge in [0.05, 0.1) is 10.6 Å². The zero-order valence-corrected chi connectivity index (χ0v) is 13.6. The molecule has 1 unspecified atom stereocenters. The van der Waals surface area contributed by atoms with E-state index in [2.05, 4.69) is 51.0 Å². The largest absolute Gasteiger partial charge is 0.351 e. The highest BCUT2D eigenvalue weighted by Crippen LogP contribution is 2.25. The number of alkyl halides is 1. The van der Waals surface area contributed by atoms with E-state index in [1.807, 2.05) is 0 Å². The Morgan fingerprint density at radius 1 is 1.47 bits per heavy atom. The minimum Gasteiger partial charge on any atom is -0.351 e. The summed E-state index contributed by atoms with van der Waals surface area (Å²) in [5, 5.41) is 3.30. The minimum atomic E-state index is -0.151. The van der Waals surface area contributed by atoms with Crippen LogP contribution in [0.1, 0.15) is 24.2 Å². The fourth-order valence-electron chi connectivity index (χ4n) is 1.20. The molecule has 0 radical (unpaired) electrons. The van der Waals surface area contributed by atoms with Gasteiger partial charge in [0, 0.05) is 15.8 Å². The van der Waals surface area contributed by atoms with Gasteiger partial charge in [0.2, 0.25) is 0 Å². The lowest BCUT2D eigenvalue weighted by atomic mass is 10.1. The number of hydrogen-bond acceptors (Lipinski definition) is 1. The first-order valence-electron chi connectivity index (χ1n) is 5.29. The summed E-state index contributed by atoms with van der Waals surface area (Å²) in [6.07, 6.45) is 0. The van der Waals surface area contributed by atoms with E-state index in [0.717, 1.165) is 4.47 Å². The van der Waals surface area contributed by atoms with Crippen LogP contribution in [0.3, 0.4) is 0 Å². The van der Waals surface area contributed by atoms with Crippen molar-refractivity contribution in [2.75, 3.05) is 6.54 Å². The van der Waals surface area contributed by atoms with Gasteiger partial charge in [0.25, 0.3) is 5.91 Å². The van der Waals surface area contributed by atoms with Crippen molar-refractivity contribution in [1.29, 1.82) is 0 Å². The highest BCUT2D eigenvalue weighted by Gasteiger charge is 2.14. The summed E-state index contributed by atoms with van der Waals surface area (Å²) in [7, 11) is 0. The molecule has 1 rings (SSSR count). The van der Waals surface area contributed by atoms with Gasteiger partial charge in [0.15, 0.2) is 0 Å². The Bertz CT molecular complexity index is 409. The molecule has 5 heteroatoms. The maximum absolute atomic E-state index is 11.9. The molecule has 0 saturated heterocycles. The van der Waals surface area contributed by atoms with E-state index in [0.29, 0.717) is 23.0 Å². The SMILES string of the molecule is CC(C)C(Br)CNC(=O)c1cccc(Br)c1Cl. The lowest BCUT2D eigenvalue weighted by molar-refractivity contribution is 0.0953. The van der Waals surface area contributed by atoms with Gasteiger partial charge < -0.3 is 5.32 Å². The van der Waals surface area contributed by atoms with Crippen LogP contribution in [0.15, 0.2) is 22.7 Å². The van der Waals surface area contributed by atoms with Crippen molar-refractivity contribution in [1.82, 2.24) is 5.32 Å². The molecule has 17 heavy (non-hydrogen) atoms. The summed E-state index contributed by atoms with van der Waals surface area (Å²) in [6, 6.07) is 5.31. The molecule has 0 fully saturated rings. The van der Waals surface area contributed by atoms with E-state index >= 15 is 0 Å². The molecule has 1 atom stereocenters. The van der Waals surface area contributed by atoms with E-state index in [4.69, 9.17) is 11.6 Å². The number of rotatable bonds is 4. The van der Waals surface area contributed by atoms with Gasteiger partial charge >= 0.3 is 0 Å². The predicted molar refractivity (Wildman–Crippen MR) is 79.0 cm³/mol. The predicted octanol–water partition coefficient (Wildman–Crippen LogP) is 4.25. The van der Waals surface area contributed by atoms with Gasteiger partial charge in [-0.2, -0.15) is 0 Å². The lowest BCUT2D eigenvalue weighted by Gasteiger charge is -2.15. The highest BCUT2D eigenvalue weighted by atomic mass is 79.9. The molecule has 1 N–H and O–H groups in total. The molecular formula is C12H14Br2ClNO. The molecule has 0 aliphatic heterocycles. The Balaban J connectivity index is 2.68. The zero-order valence-electron chi connectivity index (χ0n) is 9.64. The quantitative estimate of drug-likeness (QED) is 0.774. The molecule has 1 amide bonds. The van der Waals surface area contributed by atoms with Crippen LogP contribution in [0.25, 0.3) is 0 Å². The third kappa shape index (κ3) is 4.27. The van der Waals surface area contributed by atoms with Crippen molar-refractivity contribution < 1.29 is 4.79 Å².